The molecule has 30 nitrogen and oxygen atoms in total. The van der Waals surface area contributed by atoms with E-state index in [1.54, 1.807) is 94.7 Å². The van der Waals surface area contributed by atoms with Gasteiger partial charge in [-0.05, 0) is 93.0 Å². The zero-order chi connectivity index (χ0) is 67.4. The summed E-state index contributed by atoms with van der Waals surface area (Å²) < 4.78 is 0. The highest BCUT2D eigenvalue weighted by Crippen LogP contribution is 2.20. The number of hydrogen-bond acceptors (Lipinski definition) is 17. The van der Waals surface area contributed by atoms with E-state index in [9.17, 15) is 77.6 Å². The molecule has 31 heteroatoms. The van der Waals surface area contributed by atoms with Crippen molar-refractivity contribution in [3.05, 3.63) is 71.9 Å². The first-order valence-electron chi connectivity index (χ1n) is 29.4. The second-order valence-corrected chi connectivity index (χ2v) is 23.5. The minimum absolute atomic E-state index is 0.0275. The summed E-state index contributed by atoms with van der Waals surface area (Å²) in [6, 6.07) is 0.0447. The Morgan fingerprint density at radius 1 is 0.533 bits per heavy atom. The molecule has 0 radical (unpaired) electrons. The van der Waals surface area contributed by atoms with Gasteiger partial charge in [0.05, 0.1) is 25.0 Å². The Hall–Kier alpha value is -8.68. The van der Waals surface area contributed by atoms with Gasteiger partial charge >= 0.3 is 11.9 Å². The SMILES string of the molecule is CSCC[C@H](NC(=O)[C@H](CC(C)C)NC(=O)[C@H](Cc1c[nH]c2ccccc12)NC(=O)[C@H](CCC(N)=O)NC(=O)[C@@H](NC(=O)[C@H](Cc1ccccc1)NC(=O)[C@@H](N)CC(=O)O)C(C)C)C(=O)N[C@@H](CC(N)=O)C(=O)N[C@H](C(=O)N[C@@H](CCCCN)C(=O)O)[C@@H](C)O. The standard InChI is InChI=1S/C59H88N14O16S/c1-30(2)24-41(53(82)65-39(21-23-90-6)52(81)71-44(28-46(63)76)56(85)73-49(32(5)74)58(87)67-40(59(88)89)18-12-13-22-60)69-54(83)43(26-34-29-64-37-17-11-10-16-35(34)37)70-51(80)38(19-20-45(62)75)66-57(86)48(31(3)4)72-55(84)42(25-33-14-8-7-9-15-33)68-50(79)36(61)27-47(77)78/h7-11,14-17,29-32,36,38-44,48-49,64,74H,12-13,18-28,60-61H2,1-6H3,(H2,62,75)(H2,63,76)(H,65,82)(H,66,86)(H,67,87)(H,68,79)(H,69,83)(H,70,80)(H,71,81)(H,72,84)(H,73,85)(H,77,78)(H,88,89)/t32-,36+,38+,39+,40+,41+,42+,43+,44+,48+,49+/m1/s1. The minimum atomic E-state index is -1.81. The highest BCUT2D eigenvalue weighted by molar-refractivity contribution is 7.98. The number of aliphatic carboxylic acids is 2. The normalized spacial score (nSPS) is 14.9. The van der Waals surface area contributed by atoms with Crippen molar-refractivity contribution in [2.24, 2.45) is 34.8 Å². The Bertz CT molecular complexity index is 2960. The molecule has 11 atom stereocenters. The molecule has 3 rings (SSSR count). The number of H-pyrrole nitrogens is 1. The molecule has 21 N–H and O–H groups in total. The summed E-state index contributed by atoms with van der Waals surface area (Å²) in [5.74, 6) is -14.4. The number of hydrogen-bond donors (Lipinski definition) is 17. The average molecular weight is 1280 g/mol. The van der Waals surface area contributed by atoms with Crippen LogP contribution in [-0.2, 0) is 75.2 Å². The molecule has 1 aromatic heterocycles. The van der Waals surface area contributed by atoms with Crippen molar-refractivity contribution >= 4 is 99.6 Å². The Balaban J connectivity index is 1.99. The molecule has 0 aliphatic rings. The van der Waals surface area contributed by atoms with E-state index in [1.165, 1.54) is 11.8 Å². The van der Waals surface area contributed by atoms with E-state index in [1.807, 2.05) is 0 Å². The third-order valence-corrected chi connectivity index (χ3v) is 14.8. The lowest BCUT2D eigenvalue weighted by Gasteiger charge is -2.29. The molecular formula is C59H88N14O16S. The molecule has 0 bridgehead atoms. The molecule has 11 amide bonds. The van der Waals surface area contributed by atoms with Crippen molar-refractivity contribution in [3.8, 4) is 0 Å². The molecule has 496 valence electrons. The monoisotopic (exact) mass is 1280 g/mol. The quantitative estimate of drug-likeness (QED) is 0.0257. The summed E-state index contributed by atoms with van der Waals surface area (Å²) in [6.07, 6.45) is -0.525. The van der Waals surface area contributed by atoms with Crippen molar-refractivity contribution in [1.29, 1.82) is 0 Å². The van der Waals surface area contributed by atoms with Crippen LogP contribution in [0.5, 0.6) is 0 Å². The number of para-hydroxylation sites is 1. The largest absolute Gasteiger partial charge is 0.481 e. The Labute approximate surface area is 525 Å². The Morgan fingerprint density at radius 2 is 1.03 bits per heavy atom. The molecule has 0 aliphatic heterocycles. The number of carbonyl (C=O) groups is 13. The van der Waals surface area contributed by atoms with Crippen molar-refractivity contribution in [2.75, 3.05) is 18.6 Å². The van der Waals surface area contributed by atoms with Crippen LogP contribution in [0.15, 0.2) is 60.8 Å². The van der Waals surface area contributed by atoms with Gasteiger partial charge in [-0.3, -0.25) is 57.5 Å². The lowest BCUT2D eigenvalue weighted by molar-refractivity contribution is -0.143. The van der Waals surface area contributed by atoms with E-state index in [0.717, 1.165) is 6.92 Å². The van der Waals surface area contributed by atoms with Gasteiger partial charge in [-0.2, -0.15) is 11.8 Å². The van der Waals surface area contributed by atoms with Gasteiger partial charge in [0.2, 0.25) is 65.0 Å². The summed E-state index contributed by atoms with van der Waals surface area (Å²) in [7, 11) is 0. The van der Waals surface area contributed by atoms with E-state index in [0.29, 0.717) is 34.9 Å². The van der Waals surface area contributed by atoms with Gasteiger partial charge in [-0.25, -0.2) is 4.79 Å². The fourth-order valence-corrected chi connectivity index (χ4v) is 9.80. The Kier molecular flexibility index (Phi) is 31.9. The first-order valence-corrected chi connectivity index (χ1v) is 30.8. The second-order valence-electron chi connectivity index (χ2n) is 22.6. The molecule has 0 aliphatic carbocycles. The zero-order valence-corrected chi connectivity index (χ0v) is 52.2. The Morgan fingerprint density at radius 3 is 1.61 bits per heavy atom. The third-order valence-electron chi connectivity index (χ3n) is 14.2. The highest BCUT2D eigenvalue weighted by Gasteiger charge is 2.38. The minimum Gasteiger partial charge on any atom is -0.481 e. The maximum atomic E-state index is 14.8. The molecule has 1 heterocycles. The predicted molar refractivity (Wildman–Crippen MR) is 332 cm³/mol. The number of aliphatic hydroxyl groups is 1. The molecular weight excluding hydrogens is 1190 g/mol. The number of rotatable bonds is 41. The number of aliphatic hydroxyl groups excluding tert-OH is 1. The van der Waals surface area contributed by atoms with Gasteiger partial charge in [0.1, 0.15) is 54.4 Å². The van der Waals surface area contributed by atoms with Crippen LogP contribution in [0, 0.1) is 11.8 Å². The number of thioether (sulfide) groups is 1. The fourth-order valence-electron chi connectivity index (χ4n) is 9.33. The number of nitrogens with one attached hydrogen (secondary N) is 10. The van der Waals surface area contributed by atoms with Gasteiger partial charge in [0.15, 0.2) is 0 Å². The summed E-state index contributed by atoms with van der Waals surface area (Å²) in [6.45, 7) is 8.03. The lowest BCUT2D eigenvalue weighted by atomic mass is 9.99. The smallest absolute Gasteiger partial charge is 0.326 e. The molecule has 0 spiro atoms. The molecule has 0 saturated carbocycles. The lowest BCUT2D eigenvalue weighted by Crippen LogP contribution is -2.62. The number of unbranched alkanes of at least 4 members (excludes halogenated alkanes) is 1. The van der Waals surface area contributed by atoms with Crippen LogP contribution in [0.4, 0.5) is 0 Å². The number of nitrogens with two attached hydrogens (primary N) is 4. The van der Waals surface area contributed by atoms with E-state index < -0.39 is 175 Å². The first kappa shape index (κ1) is 75.6. The van der Waals surface area contributed by atoms with Crippen LogP contribution in [0.1, 0.15) is 104 Å². The molecule has 0 fully saturated rings. The number of carboxylic acid groups (broad SMARTS) is 2. The van der Waals surface area contributed by atoms with Crippen LogP contribution < -0.4 is 70.8 Å². The van der Waals surface area contributed by atoms with Gasteiger partial charge in [0.25, 0.3) is 0 Å². The van der Waals surface area contributed by atoms with Gasteiger partial charge in [0, 0.05) is 36.4 Å². The third kappa shape index (κ3) is 25.8. The number of carbonyl (C=O) groups excluding carboxylic acids is 11. The number of fused-ring (bicyclic) bond motifs is 1. The fraction of sp³-hybridized carbons (Fsp3) is 0.542. The summed E-state index contributed by atoms with van der Waals surface area (Å²) in [5.41, 5.74) is 24.1. The van der Waals surface area contributed by atoms with Crippen LogP contribution in [0.2, 0.25) is 0 Å². The number of carboxylic acids is 2. The predicted octanol–water partition coefficient (Wildman–Crippen LogP) is -2.69. The molecule has 3 aromatic rings. The molecule has 0 saturated heterocycles. The van der Waals surface area contributed by atoms with Crippen LogP contribution >= 0.6 is 11.8 Å². The topological polar surface area (TPSA) is 511 Å². The molecule has 0 unspecified atom stereocenters. The van der Waals surface area contributed by atoms with Crippen LogP contribution in [-0.4, -0.2) is 182 Å². The van der Waals surface area contributed by atoms with E-state index in [-0.39, 0.29) is 50.3 Å². The number of benzene rings is 2. The number of aromatic nitrogens is 1. The van der Waals surface area contributed by atoms with Crippen LogP contribution in [0.3, 0.4) is 0 Å². The number of primary amides is 2. The maximum Gasteiger partial charge on any atom is 0.326 e. The number of aromatic amines is 1. The van der Waals surface area contributed by atoms with E-state index in [4.69, 9.17) is 22.9 Å². The summed E-state index contributed by atoms with van der Waals surface area (Å²) in [5, 5.41) is 52.7. The highest BCUT2D eigenvalue weighted by atomic mass is 32.2. The first-order chi connectivity index (χ1) is 42.5. The van der Waals surface area contributed by atoms with Crippen molar-refractivity contribution in [1.82, 2.24) is 52.8 Å². The van der Waals surface area contributed by atoms with E-state index >= 15 is 0 Å². The second kappa shape index (κ2) is 38.0. The van der Waals surface area contributed by atoms with E-state index in [2.05, 4.69) is 52.8 Å². The average Bonchev–Trinajstić information content (AvgIpc) is 2.92. The summed E-state index contributed by atoms with van der Waals surface area (Å²) in [4.78, 5) is 178. The van der Waals surface area contributed by atoms with Gasteiger partial charge in [-0.15, -0.1) is 0 Å². The van der Waals surface area contributed by atoms with Crippen molar-refractivity contribution in [3.63, 3.8) is 0 Å². The van der Waals surface area contributed by atoms with Gasteiger partial charge in [-0.1, -0.05) is 76.2 Å². The molecule has 2 aromatic carbocycles. The van der Waals surface area contributed by atoms with Crippen molar-refractivity contribution in [2.45, 2.75) is 172 Å². The number of amides is 11. The molecule has 90 heavy (non-hydrogen) atoms. The van der Waals surface area contributed by atoms with Crippen LogP contribution in [0.25, 0.3) is 10.9 Å². The zero-order valence-electron chi connectivity index (χ0n) is 51.3. The maximum absolute atomic E-state index is 14.8. The van der Waals surface area contributed by atoms with Gasteiger partial charge < -0.3 is 91.1 Å². The van der Waals surface area contributed by atoms with Crippen molar-refractivity contribution < 1.29 is 77.6 Å². The summed E-state index contributed by atoms with van der Waals surface area (Å²) >= 11 is 1.28.